The Bertz CT molecular complexity index is 1140. The zero-order chi connectivity index (χ0) is 24.1. The van der Waals surface area contributed by atoms with Crippen molar-refractivity contribution < 1.29 is 14.3 Å². The van der Waals surface area contributed by atoms with Crippen molar-refractivity contribution in [1.82, 2.24) is 15.2 Å². The van der Waals surface area contributed by atoms with Crippen molar-refractivity contribution in [3.05, 3.63) is 75.9 Å². The van der Waals surface area contributed by atoms with Crippen LogP contribution in [0.15, 0.2) is 48.8 Å². The molecule has 178 valence electrons. The van der Waals surface area contributed by atoms with Crippen molar-refractivity contribution in [3.63, 3.8) is 0 Å². The number of fused-ring (bicyclic) bond motifs is 1. The lowest BCUT2D eigenvalue weighted by atomic mass is 9.95. The molecule has 0 saturated carbocycles. The summed E-state index contributed by atoms with van der Waals surface area (Å²) < 4.78 is 5.27. The Hall–Kier alpha value is -3.23. The average molecular weight is 479 g/mol. The molecule has 1 aliphatic carbocycles. The van der Waals surface area contributed by atoms with Gasteiger partial charge in [0.2, 0.25) is 0 Å². The fourth-order valence-electron chi connectivity index (χ4n) is 4.27. The van der Waals surface area contributed by atoms with Crippen LogP contribution < -0.4 is 15.4 Å². The topological polar surface area (TPSA) is 83.6 Å². The number of thiophene rings is 1. The number of pyridine rings is 1. The summed E-state index contributed by atoms with van der Waals surface area (Å²) in [6.45, 7) is 0.443. The molecule has 2 heterocycles. The molecule has 0 saturated heterocycles. The van der Waals surface area contributed by atoms with Crippen molar-refractivity contribution in [1.29, 1.82) is 0 Å². The zero-order valence-corrected chi connectivity index (χ0v) is 20.6. The number of ether oxygens (including phenoxy) is 1. The molecular weight excluding hydrogens is 448 g/mol. The number of likely N-dealkylation sites (N-methyl/N-ethyl adjacent to an activating group) is 1. The Balaban J connectivity index is 1.55. The van der Waals surface area contributed by atoms with Gasteiger partial charge in [0.15, 0.2) is 0 Å². The van der Waals surface area contributed by atoms with Crippen molar-refractivity contribution >= 4 is 28.2 Å². The first-order chi connectivity index (χ1) is 16.5. The third kappa shape index (κ3) is 5.29. The van der Waals surface area contributed by atoms with Gasteiger partial charge in [-0.3, -0.25) is 14.6 Å². The monoisotopic (exact) mass is 478 g/mol. The zero-order valence-electron chi connectivity index (χ0n) is 19.8. The molecule has 2 amide bonds. The van der Waals surface area contributed by atoms with E-state index in [2.05, 4.69) is 20.5 Å². The maximum atomic E-state index is 13.5. The molecule has 1 aromatic carbocycles. The normalized spacial score (nSPS) is 13.8. The summed E-state index contributed by atoms with van der Waals surface area (Å²) >= 11 is 1.52. The number of anilines is 1. The van der Waals surface area contributed by atoms with Crippen LogP contribution in [0.5, 0.6) is 5.75 Å². The maximum Gasteiger partial charge on any atom is 0.257 e. The van der Waals surface area contributed by atoms with E-state index in [1.807, 2.05) is 38.4 Å². The summed E-state index contributed by atoms with van der Waals surface area (Å²) in [5.41, 5.74) is 3.22. The second-order valence-electron chi connectivity index (χ2n) is 8.57. The van der Waals surface area contributed by atoms with E-state index in [1.165, 1.54) is 22.4 Å². The Morgan fingerprint density at radius 2 is 1.88 bits per heavy atom. The van der Waals surface area contributed by atoms with E-state index >= 15 is 0 Å². The molecule has 0 radical (unpaired) electrons. The number of hydrogen-bond acceptors (Lipinski definition) is 6. The quantitative estimate of drug-likeness (QED) is 0.504. The SMILES string of the molecule is COc1ccc(C(CNC(=O)c2c(NC(=O)c3cccnc3)sc3c2CCCC3)N(C)C)cc1. The number of carbonyl (C=O) groups is 2. The number of carbonyl (C=O) groups excluding carboxylic acids is 2. The summed E-state index contributed by atoms with van der Waals surface area (Å²) in [5, 5.41) is 6.72. The van der Waals surface area contributed by atoms with Crippen LogP contribution >= 0.6 is 11.3 Å². The first kappa shape index (κ1) is 23.9. The molecule has 8 heteroatoms. The van der Waals surface area contributed by atoms with Gasteiger partial charge in [-0.15, -0.1) is 11.3 Å². The number of amides is 2. The van der Waals surface area contributed by atoms with Gasteiger partial charge in [0.1, 0.15) is 10.8 Å². The number of hydrogen-bond donors (Lipinski definition) is 2. The molecule has 3 aromatic rings. The van der Waals surface area contributed by atoms with Crippen LogP contribution in [0.3, 0.4) is 0 Å². The molecule has 0 aliphatic heterocycles. The van der Waals surface area contributed by atoms with Gasteiger partial charge in [0.05, 0.1) is 24.3 Å². The van der Waals surface area contributed by atoms with E-state index in [-0.39, 0.29) is 17.9 Å². The molecule has 1 unspecified atom stereocenters. The van der Waals surface area contributed by atoms with Gasteiger partial charge in [-0.2, -0.15) is 0 Å². The Morgan fingerprint density at radius 1 is 1.12 bits per heavy atom. The van der Waals surface area contributed by atoms with E-state index in [0.29, 0.717) is 22.7 Å². The van der Waals surface area contributed by atoms with E-state index < -0.39 is 0 Å². The highest BCUT2D eigenvalue weighted by Gasteiger charge is 2.27. The first-order valence-electron chi connectivity index (χ1n) is 11.4. The third-order valence-corrected chi connectivity index (χ3v) is 7.34. The number of nitrogens with zero attached hydrogens (tertiary/aromatic N) is 2. The van der Waals surface area contributed by atoms with E-state index in [9.17, 15) is 9.59 Å². The Morgan fingerprint density at radius 3 is 2.56 bits per heavy atom. The summed E-state index contributed by atoms with van der Waals surface area (Å²) in [7, 11) is 5.63. The molecule has 0 fully saturated rings. The van der Waals surface area contributed by atoms with Crippen molar-refractivity contribution in [3.8, 4) is 5.75 Å². The summed E-state index contributed by atoms with van der Waals surface area (Å²) in [6.07, 6.45) is 7.10. The minimum absolute atomic E-state index is 0.00208. The van der Waals surface area contributed by atoms with E-state index in [4.69, 9.17) is 4.74 Å². The lowest BCUT2D eigenvalue weighted by Crippen LogP contribution is -2.35. The molecule has 0 spiro atoms. The highest BCUT2D eigenvalue weighted by Crippen LogP contribution is 2.38. The minimum atomic E-state index is -0.259. The van der Waals surface area contributed by atoms with Crippen LogP contribution in [0, 0.1) is 0 Å². The molecule has 1 aliphatic rings. The standard InChI is InChI=1S/C26H30N4O3S/c1-30(2)21(17-10-12-19(33-3)13-11-17)16-28-25(32)23-20-8-4-5-9-22(20)34-26(23)29-24(31)18-7-6-14-27-15-18/h6-7,10-15,21H,4-5,8-9,16H2,1-3H3,(H,28,32)(H,29,31). The number of methoxy groups -OCH3 is 1. The van der Waals surface area contributed by atoms with Gasteiger partial charge in [0.25, 0.3) is 11.8 Å². The molecule has 2 N–H and O–H groups in total. The summed E-state index contributed by atoms with van der Waals surface area (Å²) in [5.74, 6) is 0.385. The minimum Gasteiger partial charge on any atom is -0.497 e. The largest absolute Gasteiger partial charge is 0.497 e. The van der Waals surface area contributed by atoms with E-state index in [0.717, 1.165) is 42.6 Å². The van der Waals surface area contributed by atoms with Gasteiger partial charge < -0.3 is 20.3 Å². The van der Waals surface area contributed by atoms with Crippen LogP contribution in [-0.2, 0) is 12.8 Å². The van der Waals surface area contributed by atoms with Crippen molar-refractivity contribution in [2.45, 2.75) is 31.7 Å². The highest BCUT2D eigenvalue weighted by molar-refractivity contribution is 7.17. The molecule has 1 atom stereocenters. The molecule has 0 bridgehead atoms. The fraction of sp³-hybridized carbons (Fsp3) is 0.346. The van der Waals surface area contributed by atoms with Gasteiger partial charge in [-0.1, -0.05) is 12.1 Å². The summed E-state index contributed by atoms with van der Waals surface area (Å²) in [4.78, 5) is 33.6. The van der Waals surface area contributed by atoms with Crippen LogP contribution in [0.1, 0.15) is 55.6 Å². The molecule has 34 heavy (non-hydrogen) atoms. The lowest BCUT2D eigenvalue weighted by molar-refractivity contribution is 0.0942. The molecule has 7 nitrogen and oxygen atoms in total. The predicted molar refractivity (Wildman–Crippen MR) is 135 cm³/mol. The number of nitrogens with one attached hydrogen (secondary N) is 2. The summed E-state index contributed by atoms with van der Waals surface area (Å²) in [6, 6.07) is 11.3. The fourth-order valence-corrected chi connectivity index (χ4v) is 5.55. The molecular formula is C26H30N4O3S. The van der Waals surface area contributed by atoms with Gasteiger partial charge in [-0.05, 0) is 75.2 Å². The number of rotatable bonds is 8. The van der Waals surface area contributed by atoms with Gasteiger partial charge in [0, 0.05) is 23.8 Å². The highest BCUT2D eigenvalue weighted by atomic mass is 32.1. The second-order valence-corrected chi connectivity index (χ2v) is 9.68. The maximum absolute atomic E-state index is 13.5. The van der Waals surface area contributed by atoms with E-state index in [1.54, 1.807) is 25.4 Å². The number of benzene rings is 1. The average Bonchev–Trinajstić information content (AvgIpc) is 3.22. The predicted octanol–water partition coefficient (Wildman–Crippen LogP) is 4.32. The van der Waals surface area contributed by atoms with Crippen molar-refractivity contribution in [2.75, 3.05) is 33.1 Å². The Kier molecular flexibility index (Phi) is 7.59. The van der Waals surface area contributed by atoms with Crippen molar-refractivity contribution in [2.24, 2.45) is 0 Å². The first-order valence-corrected chi connectivity index (χ1v) is 12.2. The van der Waals surface area contributed by atoms with Crippen LogP contribution in [0.4, 0.5) is 5.00 Å². The molecule has 2 aromatic heterocycles. The Labute approximate surface area is 204 Å². The third-order valence-electron chi connectivity index (χ3n) is 6.13. The van der Waals surface area contributed by atoms with Crippen LogP contribution in [0.2, 0.25) is 0 Å². The van der Waals surface area contributed by atoms with Crippen LogP contribution in [-0.4, -0.2) is 49.4 Å². The second kappa shape index (κ2) is 10.8. The smallest absolute Gasteiger partial charge is 0.257 e. The number of aromatic nitrogens is 1. The number of aryl methyl sites for hydroxylation is 1. The lowest BCUT2D eigenvalue weighted by Gasteiger charge is -2.25. The molecule has 4 rings (SSSR count). The van der Waals surface area contributed by atoms with Gasteiger partial charge >= 0.3 is 0 Å². The van der Waals surface area contributed by atoms with Crippen LogP contribution in [0.25, 0.3) is 0 Å². The van der Waals surface area contributed by atoms with Gasteiger partial charge in [-0.25, -0.2) is 0 Å².